The molecule has 1 heterocycles. The minimum atomic E-state index is -2.55. The van der Waals surface area contributed by atoms with Crippen LogP contribution in [0, 0.1) is 10.6 Å². The molecule has 0 unspecified atom stereocenters. The first kappa shape index (κ1) is 11.1. The third-order valence-electron chi connectivity index (χ3n) is 1.69. The van der Waals surface area contributed by atoms with Crippen molar-refractivity contribution in [3.05, 3.63) is 26.6 Å². The number of hydrogen-bond acceptors (Lipinski definition) is 1. The summed E-state index contributed by atoms with van der Waals surface area (Å²) < 4.78 is 25.5. The molecule has 0 saturated heterocycles. The Hall–Kier alpha value is 0.0300. The van der Waals surface area contributed by atoms with E-state index >= 15 is 0 Å². The van der Waals surface area contributed by atoms with E-state index in [1.807, 2.05) is 22.6 Å². The second-order valence-corrected chi connectivity index (χ2v) is 3.93. The van der Waals surface area contributed by atoms with Crippen molar-refractivity contribution in [2.45, 2.75) is 19.2 Å². The summed E-state index contributed by atoms with van der Waals surface area (Å²) in [5.41, 5.74) is 1.01. The topological polar surface area (TPSA) is 12.9 Å². The molecule has 0 aliphatic heterocycles. The van der Waals surface area contributed by atoms with E-state index in [9.17, 15) is 8.78 Å². The van der Waals surface area contributed by atoms with E-state index in [1.54, 1.807) is 13.0 Å². The van der Waals surface area contributed by atoms with Gasteiger partial charge in [0.1, 0.15) is 9.39 Å². The van der Waals surface area contributed by atoms with Gasteiger partial charge in [0.25, 0.3) is 6.43 Å². The van der Waals surface area contributed by atoms with Gasteiger partial charge in [0.2, 0.25) is 0 Å². The minimum absolute atomic E-state index is 0.0788. The lowest BCUT2D eigenvalue weighted by Crippen LogP contribution is -2.01. The second-order valence-electron chi connectivity index (χ2n) is 2.56. The van der Waals surface area contributed by atoms with Gasteiger partial charge in [-0.2, -0.15) is 0 Å². The van der Waals surface area contributed by atoms with Crippen LogP contribution in [0.3, 0.4) is 0 Å². The van der Waals surface area contributed by atoms with Crippen molar-refractivity contribution >= 4 is 34.2 Å². The predicted octanol–water partition coefficient (Wildman–Crippen LogP) is 3.67. The van der Waals surface area contributed by atoms with E-state index in [-0.39, 0.29) is 11.6 Å². The molecule has 0 aliphatic rings. The lowest BCUT2D eigenvalue weighted by atomic mass is 10.1. The summed E-state index contributed by atoms with van der Waals surface area (Å²) in [6.45, 7) is 1.76. The SMILES string of the molecule is Cc1cc(I)nc(C(F)F)c1CCl. The van der Waals surface area contributed by atoms with Crippen LogP contribution in [0.25, 0.3) is 0 Å². The number of nitrogens with zero attached hydrogens (tertiary/aromatic N) is 1. The fourth-order valence-corrected chi connectivity index (χ4v) is 2.11. The van der Waals surface area contributed by atoms with Crippen LogP contribution in [-0.2, 0) is 5.88 Å². The average molecular weight is 318 g/mol. The minimum Gasteiger partial charge on any atom is -0.241 e. The quantitative estimate of drug-likeness (QED) is 0.461. The van der Waals surface area contributed by atoms with Crippen LogP contribution in [0.1, 0.15) is 23.2 Å². The smallest absolute Gasteiger partial charge is 0.241 e. The molecular formula is C8H7ClF2IN. The number of hydrogen-bond donors (Lipinski definition) is 0. The zero-order valence-corrected chi connectivity index (χ0v) is 9.73. The Bertz CT molecular complexity index is 317. The monoisotopic (exact) mass is 317 g/mol. The maximum atomic E-state index is 12.5. The van der Waals surface area contributed by atoms with Crippen LogP contribution >= 0.6 is 34.2 Å². The first-order chi connectivity index (χ1) is 6.06. The molecule has 0 bridgehead atoms. The van der Waals surface area contributed by atoms with Crippen molar-refractivity contribution in [1.29, 1.82) is 0 Å². The molecule has 0 amide bonds. The molecule has 5 heteroatoms. The third kappa shape index (κ3) is 2.49. The summed E-state index contributed by atoms with van der Waals surface area (Å²) in [6, 6.07) is 1.74. The van der Waals surface area contributed by atoms with Crippen LogP contribution in [0.4, 0.5) is 8.78 Å². The van der Waals surface area contributed by atoms with Crippen molar-refractivity contribution in [2.24, 2.45) is 0 Å². The van der Waals surface area contributed by atoms with Gasteiger partial charge in [-0.3, -0.25) is 0 Å². The molecule has 72 valence electrons. The van der Waals surface area contributed by atoms with Crippen molar-refractivity contribution in [1.82, 2.24) is 4.98 Å². The van der Waals surface area contributed by atoms with Gasteiger partial charge in [-0.25, -0.2) is 13.8 Å². The lowest BCUT2D eigenvalue weighted by Gasteiger charge is -2.08. The summed E-state index contributed by atoms with van der Waals surface area (Å²) in [6.07, 6.45) is -2.55. The number of halogens is 4. The van der Waals surface area contributed by atoms with Crippen LogP contribution in [0.2, 0.25) is 0 Å². The van der Waals surface area contributed by atoms with Gasteiger partial charge in [0.05, 0.1) is 0 Å². The van der Waals surface area contributed by atoms with Gasteiger partial charge >= 0.3 is 0 Å². The van der Waals surface area contributed by atoms with Gasteiger partial charge in [-0.05, 0) is 46.7 Å². The second kappa shape index (κ2) is 4.50. The first-order valence-corrected chi connectivity index (χ1v) is 5.17. The Kier molecular flexibility index (Phi) is 3.85. The summed E-state index contributed by atoms with van der Waals surface area (Å²) in [4.78, 5) is 3.76. The largest absolute Gasteiger partial charge is 0.280 e. The number of rotatable bonds is 2. The van der Waals surface area contributed by atoms with Gasteiger partial charge in [-0.1, -0.05) is 0 Å². The van der Waals surface area contributed by atoms with Crippen molar-refractivity contribution in [2.75, 3.05) is 0 Å². The van der Waals surface area contributed by atoms with Gasteiger partial charge < -0.3 is 0 Å². The van der Waals surface area contributed by atoms with Crippen LogP contribution in [-0.4, -0.2) is 4.98 Å². The van der Waals surface area contributed by atoms with Crippen molar-refractivity contribution < 1.29 is 8.78 Å². The molecule has 0 aromatic carbocycles. The van der Waals surface area contributed by atoms with E-state index in [4.69, 9.17) is 11.6 Å². The summed E-state index contributed by atoms with van der Waals surface area (Å²) in [5.74, 6) is 0.0788. The molecule has 0 atom stereocenters. The van der Waals surface area contributed by atoms with Crippen molar-refractivity contribution in [3.63, 3.8) is 0 Å². The summed E-state index contributed by atoms with van der Waals surface area (Å²) >= 11 is 7.47. The molecular weight excluding hydrogens is 310 g/mol. The van der Waals surface area contributed by atoms with Crippen LogP contribution in [0.15, 0.2) is 6.07 Å². The van der Waals surface area contributed by atoms with Gasteiger partial charge in [-0.15, -0.1) is 11.6 Å². The predicted molar refractivity (Wildman–Crippen MR) is 56.2 cm³/mol. The maximum absolute atomic E-state index is 12.5. The molecule has 0 saturated carbocycles. The lowest BCUT2D eigenvalue weighted by molar-refractivity contribution is 0.145. The zero-order valence-electron chi connectivity index (χ0n) is 6.82. The summed E-state index contributed by atoms with van der Waals surface area (Å²) in [7, 11) is 0. The maximum Gasteiger partial charge on any atom is 0.280 e. The van der Waals surface area contributed by atoms with Crippen molar-refractivity contribution in [3.8, 4) is 0 Å². The highest BCUT2D eigenvalue weighted by Gasteiger charge is 2.16. The van der Waals surface area contributed by atoms with Crippen LogP contribution < -0.4 is 0 Å². The Labute approximate surface area is 93.6 Å². The number of aromatic nitrogens is 1. The normalized spacial score (nSPS) is 10.9. The first-order valence-electron chi connectivity index (χ1n) is 3.56. The number of pyridine rings is 1. The zero-order chi connectivity index (χ0) is 10.0. The molecule has 0 spiro atoms. The number of alkyl halides is 3. The fourth-order valence-electron chi connectivity index (χ4n) is 1.04. The Morgan fingerprint density at radius 1 is 1.62 bits per heavy atom. The average Bonchev–Trinajstić information content (AvgIpc) is 2.02. The Morgan fingerprint density at radius 2 is 2.23 bits per heavy atom. The molecule has 0 fully saturated rings. The van der Waals surface area contributed by atoms with E-state index < -0.39 is 6.43 Å². The highest BCUT2D eigenvalue weighted by molar-refractivity contribution is 14.1. The fraction of sp³-hybridized carbons (Fsp3) is 0.375. The van der Waals surface area contributed by atoms with E-state index in [1.165, 1.54) is 0 Å². The Morgan fingerprint density at radius 3 is 2.69 bits per heavy atom. The number of aryl methyl sites for hydroxylation is 1. The van der Waals surface area contributed by atoms with E-state index in [0.717, 1.165) is 5.56 Å². The van der Waals surface area contributed by atoms with Crippen LogP contribution in [0.5, 0.6) is 0 Å². The van der Waals surface area contributed by atoms with Gasteiger partial charge in [0.15, 0.2) is 0 Å². The highest BCUT2D eigenvalue weighted by Crippen LogP contribution is 2.25. The summed E-state index contributed by atoms with van der Waals surface area (Å²) in [5, 5.41) is 0. The molecule has 0 aliphatic carbocycles. The molecule has 0 N–H and O–H groups in total. The Balaban J connectivity index is 3.29. The highest BCUT2D eigenvalue weighted by atomic mass is 127. The molecule has 1 aromatic heterocycles. The van der Waals surface area contributed by atoms with E-state index in [2.05, 4.69) is 4.98 Å². The molecule has 13 heavy (non-hydrogen) atoms. The molecule has 1 rings (SSSR count). The van der Waals surface area contributed by atoms with Gasteiger partial charge in [0, 0.05) is 5.88 Å². The standard InChI is InChI=1S/C8H7ClF2IN/c1-4-2-6(12)13-7(8(10)11)5(4)3-9/h2,8H,3H2,1H3. The molecule has 1 nitrogen and oxygen atoms in total. The molecule has 1 aromatic rings. The van der Waals surface area contributed by atoms with E-state index in [0.29, 0.717) is 9.26 Å². The third-order valence-corrected chi connectivity index (χ3v) is 2.51. The molecule has 0 radical (unpaired) electrons.